The molecule has 0 saturated carbocycles. The maximum absolute atomic E-state index is 6.00. The van der Waals surface area contributed by atoms with Crippen LogP contribution >= 0.6 is 23.4 Å². The van der Waals surface area contributed by atoms with Crippen molar-refractivity contribution in [1.82, 2.24) is 19.7 Å². The van der Waals surface area contributed by atoms with Gasteiger partial charge in [-0.2, -0.15) is 0 Å². The van der Waals surface area contributed by atoms with Gasteiger partial charge in [0.1, 0.15) is 11.5 Å². The van der Waals surface area contributed by atoms with Crippen LogP contribution in [-0.2, 0) is 0 Å². The van der Waals surface area contributed by atoms with Gasteiger partial charge in [0.2, 0.25) is 0 Å². The minimum atomic E-state index is 0.519. The van der Waals surface area contributed by atoms with Gasteiger partial charge in [-0.15, -0.1) is 10.2 Å². The molecule has 8 heteroatoms. The van der Waals surface area contributed by atoms with Gasteiger partial charge in [0.15, 0.2) is 11.0 Å². The maximum atomic E-state index is 6.00. The van der Waals surface area contributed by atoms with Crippen molar-refractivity contribution in [1.29, 1.82) is 0 Å². The second kappa shape index (κ2) is 9.65. The normalized spacial score (nSPS) is 10.7. The highest BCUT2D eigenvalue weighted by Crippen LogP contribution is 2.28. The Morgan fingerprint density at radius 1 is 0.967 bits per heavy atom. The lowest BCUT2D eigenvalue weighted by atomic mass is 10.2. The highest BCUT2D eigenvalue weighted by molar-refractivity contribution is 7.99. The van der Waals surface area contributed by atoms with Crippen LogP contribution in [0.15, 0.2) is 78.2 Å². The molecule has 2 heterocycles. The third-order valence-corrected chi connectivity index (χ3v) is 5.41. The molecule has 0 unspecified atom stereocenters. The van der Waals surface area contributed by atoms with Gasteiger partial charge in [0.25, 0.3) is 0 Å². The van der Waals surface area contributed by atoms with Crippen molar-refractivity contribution >= 4 is 23.4 Å². The van der Waals surface area contributed by atoms with Crippen LogP contribution in [0.5, 0.6) is 11.5 Å². The van der Waals surface area contributed by atoms with E-state index in [4.69, 9.17) is 21.1 Å². The number of rotatable bonds is 8. The Labute approximate surface area is 183 Å². The molecule has 0 fully saturated rings. The van der Waals surface area contributed by atoms with E-state index in [1.807, 2.05) is 59.2 Å². The number of nitrogens with zero attached hydrogens (tertiary/aromatic N) is 4. The number of aromatic nitrogens is 4. The summed E-state index contributed by atoms with van der Waals surface area (Å²) in [6.07, 6.45) is 3.49. The van der Waals surface area contributed by atoms with Gasteiger partial charge < -0.3 is 9.47 Å². The molecule has 4 aromatic rings. The van der Waals surface area contributed by atoms with Gasteiger partial charge in [0.05, 0.1) is 13.7 Å². The van der Waals surface area contributed by atoms with Gasteiger partial charge in [0, 0.05) is 34.4 Å². The molecular formula is C22H19ClN4O2S. The van der Waals surface area contributed by atoms with Crippen LogP contribution in [0.25, 0.3) is 17.1 Å². The summed E-state index contributed by atoms with van der Waals surface area (Å²) >= 11 is 7.58. The molecule has 30 heavy (non-hydrogen) atoms. The number of ether oxygens (including phenoxy) is 2. The van der Waals surface area contributed by atoms with Crippen molar-refractivity contribution in [2.45, 2.75) is 5.16 Å². The first-order valence-electron chi connectivity index (χ1n) is 9.26. The van der Waals surface area contributed by atoms with Crippen LogP contribution in [-0.4, -0.2) is 39.2 Å². The number of pyridine rings is 1. The third kappa shape index (κ3) is 4.75. The molecule has 0 radical (unpaired) electrons. The molecule has 2 aromatic heterocycles. The largest absolute Gasteiger partial charge is 0.497 e. The summed E-state index contributed by atoms with van der Waals surface area (Å²) < 4.78 is 13.1. The third-order valence-electron chi connectivity index (χ3n) is 4.28. The van der Waals surface area contributed by atoms with Crippen LogP contribution in [0, 0.1) is 0 Å². The fraction of sp³-hybridized carbons (Fsp3) is 0.136. The summed E-state index contributed by atoms with van der Waals surface area (Å²) in [5, 5.41) is 10.3. The molecule has 2 aromatic carbocycles. The molecule has 0 aliphatic carbocycles. The number of halogens is 1. The van der Waals surface area contributed by atoms with Gasteiger partial charge in [-0.1, -0.05) is 29.4 Å². The first-order valence-corrected chi connectivity index (χ1v) is 10.6. The standard InChI is InChI=1S/C22H19ClN4O2S/c1-28-19-7-5-18(6-8-19)27-21(16-9-11-24-12-10-16)25-26-22(27)30-14-13-29-20-4-2-3-17(23)15-20/h2-12,15H,13-14H2,1H3. The molecular weight excluding hydrogens is 420 g/mol. The Morgan fingerprint density at radius 2 is 1.77 bits per heavy atom. The van der Waals surface area contributed by atoms with E-state index < -0.39 is 0 Å². The summed E-state index contributed by atoms with van der Waals surface area (Å²) in [5.41, 5.74) is 1.89. The van der Waals surface area contributed by atoms with E-state index in [0.29, 0.717) is 17.4 Å². The Balaban J connectivity index is 1.55. The lowest BCUT2D eigenvalue weighted by Crippen LogP contribution is -2.03. The molecule has 0 atom stereocenters. The molecule has 152 valence electrons. The van der Waals surface area contributed by atoms with E-state index in [-0.39, 0.29) is 0 Å². The summed E-state index contributed by atoms with van der Waals surface area (Å²) in [6, 6.07) is 19.0. The fourth-order valence-corrected chi connectivity index (χ4v) is 3.81. The predicted octanol–water partition coefficient (Wildman–Crippen LogP) is 5.16. The van der Waals surface area contributed by atoms with Gasteiger partial charge >= 0.3 is 0 Å². The first-order chi connectivity index (χ1) is 14.7. The number of benzene rings is 2. The second-order valence-electron chi connectivity index (χ2n) is 6.23. The van der Waals surface area contributed by atoms with E-state index in [1.165, 1.54) is 0 Å². The molecule has 4 rings (SSSR count). The summed E-state index contributed by atoms with van der Waals surface area (Å²) in [4.78, 5) is 4.09. The van der Waals surface area contributed by atoms with Gasteiger partial charge in [-0.3, -0.25) is 9.55 Å². The van der Waals surface area contributed by atoms with Crippen molar-refractivity contribution in [3.8, 4) is 28.6 Å². The average Bonchev–Trinajstić information content (AvgIpc) is 3.21. The molecule has 0 aliphatic heterocycles. The van der Waals surface area contributed by atoms with E-state index in [9.17, 15) is 0 Å². The average molecular weight is 439 g/mol. The lowest BCUT2D eigenvalue weighted by Gasteiger charge is -2.11. The summed E-state index contributed by atoms with van der Waals surface area (Å²) in [5.74, 6) is 3.00. The molecule has 0 amide bonds. The summed E-state index contributed by atoms with van der Waals surface area (Å²) in [6.45, 7) is 0.519. The Bertz CT molecular complexity index is 1100. The Hall–Kier alpha value is -3.03. The molecule has 0 saturated heterocycles. The lowest BCUT2D eigenvalue weighted by molar-refractivity contribution is 0.344. The minimum Gasteiger partial charge on any atom is -0.497 e. The number of hydrogen-bond donors (Lipinski definition) is 0. The van der Waals surface area contributed by atoms with Crippen molar-refractivity contribution in [2.24, 2.45) is 0 Å². The molecule has 6 nitrogen and oxygen atoms in total. The smallest absolute Gasteiger partial charge is 0.196 e. The molecule has 0 N–H and O–H groups in total. The van der Waals surface area contributed by atoms with Crippen LogP contribution < -0.4 is 9.47 Å². The number of thioether (sulfide) groups is 1. The second-order valence-corrected chi connectivity index (χ2v) is 7.73. The first kappa shape index (κ1) is 20.3. The highest BCUT2D eigenvalue weighted by Gasteiger charge is 2.16. The van der Waals surface area contributed by atoms with E-state index in [2.05, 4.69) is 15.2 Å². The highest BCUT2D eigenvalue weighted by atomic mass is 35.5. The van der Waals surface area contributed by atoms with E-state index in [0.717, 1.165) is 33.7 Å². The Morgan fingerprint density at radius 3 is 2.50 bits per heavy atom. The maximum Gasteiger partial charge on any atom is 0.196 e. The van der Waals surface area contributed by atoms with Gasteiger partial charge in [-0.25, -0.2) is 0 Å². The SMILES string of the molecule is COc1ccc(-n2c(SCCOc3cccc(Cl)c3)nnc2-c2ccncc2)cc1. The van der Waals surface area contributed by atoms with Crippen LogP contribution in [0.4, 0.5) is 0 Å². The zero-order chi connectivity index (χ0) is 20.8. The zero-order valence-electron chi connectivity index (χ0n) is 16.2. The van der Waals surface area contributed by atoms with Crippen molar-refractivity contribution < 1.29 is 9.47 Å². The number of methoxy groups -OCH3 is 1. The zero-order valence-corrected chi connectivity index (χ0v) is 17.8. The fourth-order valence-electron chi connectivity index (χ4n) is 2.86. The predicted molar refractivity (Wildman–Crippen MR) is 119 cm³/mol. The van der Waals surface area contributed by atoms with Crippen molar-refractivity contribution in [2.75, 3.05) is 19.5 Å². The van der Waals surface area contributed by atoms with E-state index >= 15 is 0 Å². The monoisotopic (exact) mass is 438 g/mol. The van der Waals surface area contributed by atoms with Crippen molar-refractivity contribution in [3.05, 3.63) is 78.1 Å². The topological polar surface area (TPSA) is 62.1 Å². The van der Waals surface area contributed by atoms with Crippen molar-refractivity contribution in [3.63, 3.8) is 0 Å². The molecule has 0 bridgehead atoms. The quantitative estimate of drug-likeness (QED) is 0.279. The van der Waals surface area contributed by atoms with Crippen LogP contribution in [0.1, 0.15) is 0 Å². The Kier molecular flexibility index (Phi) is 6.51. The number of hydrogen-bond acceptors (Lipinski definition) is 6. The van der Waals surface area contributed by atoms with Crippen LogP contribution in [0.2, 0.25) is 5.02 Å². The molecule has 0 aliphatic rings. The van der Waals surface area contributed by atoms with E-state index in [1.54, 1.807) is 37.3 Å². The minimum absolute atomic E-state index is 0.519. The summed E-state index contributed by atoms with van der Waals surface area (Å²) in [7, 11) is 1.65. The van der Waals surface area contributed by atoms with Crippen LogP contribution in [0.3, 0.4) is 0 Å². The van der Waals surface area contributed by atoms with Gasteiger partial charge in [-0.05, 0) is 54.6 Å². The molecule has 0 spiro atoms.